The van der Waals surface area contributed by atoms with Crippen LogP contribution in [0.5, 0.6) is 0 Å². The van der Waals surface area contributed by atoms with Crippen molar-refractivity contribution >= 4 is 0 Å². The lowest BCUT2D eigenvalue weighted by Gasteiger charge is -2.18. The first-order valence-corrected chi connectivity index (χ1v) is 5.21. The van der Waals surface area contributed by atoms with Crippen LogP contribution in [0.2, 0.25) is 0 Å². The predicted molar refractivity (Wildman–Crippen MR) is 59.2 cm³/mol. The molecule has 1 aromatic carbocycles. The van der Waals surface area contributed by atoms with Crippen LogP contribution in [-0.2, 0) is 5.67 Å². The SMILES string of the molecule is CC(C)(F)c1ccc(F)c(C(N)CCO)c1. The lowest BCUT2D eigenvalue weighted by atomic mass is 9.94. The number of aliphatic hydroxyl groups excluding tert-OH is 1. The van der Waals surface area contributed by atoms with Crippen LogP contribution in [0.25, 0.3) is 0 Å². The monoisotopic (exact) mass is 229 g/mol. The first-order valence-electron chi connectivity index (χ1n) is 5.21. The van der Waals surface area contributed by atoms with Crippen molar-refractivity contribution in [2.75, 3.05) is 6.61 Å². The molecular formula is C12H17F2NO. The van der Waals surface area contributed by atoms with Gasteiger partial charge >= 0.3 is 0 Å². The molecule has 0 bridgehead atoms. The van der Waals surface area contributed by atoms with Crippen molar-refractivity contribution in [3.8, 4) is 0 Å². The van der Waals surface area contributed by atoms with Gasteiger partial charge in [-0.2, -0.15) is 0 Å². The Kier molecular flexibility index (Phi) is 3.99. The van der Waals surface area contributed by atoms with Crippen molar-refractivity contribution < 1.29 is 13.9 Å². The van der Waals surface area contributed by atoms with Crippen molar-refractivity contribution in [2.45, 2.75) is 32.0 Å². The fourth-order valence-electron chi connectivity index (χ4n) is 1.49. The average Bonchev–Trinajstić information content (AvgIpc) is 2.16. The molecule has 0 aliphatic rings. The van der Waals surface area contributed by atoms with Gasteiger partial charge in [-0.25, -0.2) is 8.78 Å². The van der Waals surface area contributed by atoms with E-state index in [1.807, 2.05) is 0 Å². The van der Waals surface area contributed by atoms with Crippen LogP contribution in [0.4, 0.5) is 8.78 Å². The zero-order chi connectivity index (χ0) is 12.3. The van der Waals surface area contributed by atoms with Gasteiger partial charge in [-0.3, -0.25) is 0 Å². The Balaban J connectivity index is 3.09. The molecule has 90 valence electrons. The van der Waals surface area contributed by atoms with Gasteiger partial charge in [-0.1, -0.05) is 6.07 Å². The summed E-state index contributed by atoms with van der Waals surface area (Å²) in [6.07, 6.45) is 0.257. The van der Waals surface area contributed by atoms with Gasteiger partial charge in [0.1, 0.15) is 11.5 Å². The number of halogens is 2. The topological polar surface area (TPSA) is 46.2 Å². The third-order valence-electron chi connectivity index (χ3n) is 2.52. The summed E-state index contributed by atoms with van der Waals surface area (Å²) in [7, 11) is 0. The minimum atomic E-state index is -1.53. The van der Waals surface area contributed by atoms with Crippen molar-refractivity contribution in [1.82, 2.24) is 0 Å². The second-order valence-corrected chi connectivity index (χ2v) is 4.33. The molecule has 0 aromatic heterocycles. The number of rotatable bonds is 4. The van der Waals surface area contributed by atoms with E-state index in [0.717, 1.165) is 0 Å². The second-order valence-electron chi connectivity index (χ2n) is 4.33. The first kappa shape index (κ1) is 13.1. The highest BCUT2D eigenvalue weighted by atomic mass is 19.1. The van der Waals surface area contributed by atoms with Gasteiger partial charge in [-0.15, -0.1) is 0 Å². The molecule has 16 heavy (non-hydrogen) atoms. The summed E-state index contributed by atoms with van der Waals surface area (Å²) in [6.45, 7) is 2.69. The van der Waals surface area contributed by atoms with E-state index in [4.69, 9.17) is 10.8 Å². The van der Waals surface area contributed by atoms with Gasteiger partial charge < -0.3 is 10.8 Å². The summed E-state index contributed by atoms with van der Waals surface area (Å²) in [5, 5.41) is 8.74. The van der Waals surface area contributed by atoms with Crippen LogP contribution in [0.3, 0.4) is 0 Å². The number of alkyl halides is 1. The molecule has 0 saturated heterocycles. The fraction of sp³-hybridized carbons (Fsp3) is 0.500. The first-order chi connectivity index (χ1) is 7.36. The Morgan fingerprint density at radius 1 is 1.44 bits per heavy atom. The third-order valence-corrected chi connectivity index (χ3v) is 2.52. The number of aliphatic hydroxyl groups is 1. The summed E-state index contributed by atoms with van der Waals surface area (Å²) < 4.78 is 27.1. The summed E-state index contributed by atoms with van der Waals surface area (Å²) in [6, 6.07) is 3.44. The molecule has 0 fully saturated rings. The molecule has 0 amide bonds. The molecule has 0 saturated carbocycles. The van der Waals surface area contributed by atoms with Crippen molar-refractivity contribution in [3.05, 3.63) is 35.1 Å². The van der Waals surface area contributed by atoms with E-state index in [-0.39, 0.29) is 18.6 Å². The lowest BCUT2D eigenvalue weighted by Crippen LogP contribution is -2.16. The zero-order valence-corrected chi connectivity index (χ0v) is 9.50. The molecule has 4 heteroatoms. The Morgan fingerprint density at radius 3 is 2.56 bits per heavy atom. The van der Waals surface area contributed by atoms with Gasteiger partial charge in [0.15, 0.2) is 0 Å². The summed E-state index contributed by atoms with van der Waals surface area (Å²) in [5.41, 5.74) is 4.80. The highest BCUT2D eigenvalue weighted by Gasteiger charge is 2.21. The Bertz CT molecular complexity index is 361. The molecule has 1 atom stereocenters. The smallest absolute Gasteiger partial charge is 0.130 e. The van der Waals surface area contributed by atoms with Crippen LogP contribution in [0, 0.1) is 5.82 Å². The summed E-state index contributed by atoms with van der Waals surface area (Å²) in [4.78, 5) is 0. The quantitative estimate of drug-likeness (QED) is 0.832. The number of hydrogen-bond donors (Lipinski definition) is 2. The molecule has 0 heterocycles. The Morgan fingerprint density at radius 2 is 2.06 bits per heavy atom. The summed E-state index contributed by atoms with van der Waals surface area (Å²) in [5.74, 6) is -0.464. The van der Waals surface area contributed by atoms with Crippen molar-refractivity contribution in [1.29, 1.82) is 0 Å². The molecule has 1 unspecified atom stereocenters. The van der Waals surface area contributed by atoms with E-state index in [9.17, 15) is 8.78 Å². The molecule has 0 spiro atoms. The van der Waals surface area contributed by atoms with Crippen molar-refractivity contribution in [3.63, 3.8) is 0 Å². The lowest BCUT2D eigenvalue weighted by molar-refractivity contribution is 0.221. The highest BCUT2D eigenvalue weighted by molar-refractivity contribution is 5.30. The van der Waals surface area contributed by atoms with Crippen LogP contribution < -0.4 is 5.73 Å². The molecule has 0 radical (unpaired) electrons. The standard InChI is InChI=1S/C12H17F2NO/c1-12(2,14)8-3-4-10(13)9(7-8)11(15)5-6-16/h3-4,7,11,16H,5-6,15H2,1-2H3. The minimum absolute atomic E-state index is 0.121. The van der Waals surface area contributed by atoms with Gasteiger partial charge in [0, 0.05) is 18.2 Å². The van der Waals surface area contributed by atoms with E-state index < -0.39 is 17.5 Å². The third kappa shape index (κ3) is 3.00. The van der Waals surface area contributed by atoms with Crippen LogP contribution in [0.15, 0.2) is 18.2 Å². The molecule has 2 nitrogen and oxygen atoms in total. The number of benzene rings is 1. The van der Waals surface area contributed by atoms with Crippen LogP contribution in [-0.4, -0.2) is 11.7 Å². The number of hydrogen-bond acceptors (Lipinski definition) is 2. The number of nitrogens with two attached hydrogens (primary N) is 1. The highest BCUT2D eigenvalue weighted by Crippen LogP contribution is 2.28. The summed E-state index contributed by atoms with van der Waals surface area (Å²) >= 11 is 0. The largest absolute Gasteiger partial charge is 0.396 e. The van der Waals surface area contributed by atoms with Crippen LogP contribution in [0.1, 0.15) is 37.4 Å². The zero-order valence-electron chi connectivity index (χ0n) is 9.50. The van der Waals surface area contributed by atoms with Gasteiger partial charge in [-0.05, 0) is 38.0 Å². The maximum atomic E-state index is 13.7. The maximum absolute atomic E-state index is 13.7. The Labute approximate surface area is 94.1 Å². The predicted octanol–water partition coefficient (Wildman–Crippen LogP) is 2.41. The molecule has 0 aliphatic heterocycles. The molecule has 3 N–H and O–H groups in total. The van der Waals surface area contributed by atoms with E-state index in [2.05, 4.69) is 0 Å². The molecule has 1 rings (SSSR count). The molecule has 0 aliphatic carbocycles. The Hall–Kier alpha value is -1.00. The van der Waals surface area contributed by atoms with E-state index >= 15 is 0 Å². The van der Waals surface area contributed by atoms with E-state index in [1.54, 1.807) is 0 Å². The van der Waals surface area contributed by atoms with Gasteiger partial charge in [0.05, 0.1) is 0 Å². The second kappa shape index (κ2) is 4.89. The fourth-order valence-corrected chi connectivity index (χ4v) is 1.49. The normalized spacial score (nSPS) is 13.9. The molecular weight excluding hydrogens is 212 g/mol. The van der Waals surface area contributed by atoms with E-state index in [0.29, 0.717) is 5.56 Å². The van der Waals surface area contributed by atoms with Crippen molar-refractivity contribution in [2.24, 2.45) is 5.73 Å². The van der Waals surface area contributed by atoms with Crippen LogP contribution >= 0.6 is 0 Å². The maximum Gasteiger partial charge on any atom is 0.130 e. The minimum Gasteiger partial charge on any atom is -0.396 e. The molecule has 1 aromatic rings. The van der Waals surface area contributed by atoms with Gasteiger partial charge in [0.25, 0.3) is 0 Å². The average molecular weight is 229 g/mol. The van der Waals surface area contributed by atoms with E-state index in [1.165, 1.54) is 32.0 Å². The van der Waals surface area contributed by atoms with Gasteiger partial charge in [0.2, 0.25) is 0 Å².